The van der Waals surface area contributed by atoms with Crippen LogP contribution >= 0.6 is 0 Å². The highest BCUT2D eigenvalue weighted by Crippen LogP contribution is 2.53. The number of methoxy groups -OCH3 is 1. The van der Waals surface area contributed by atoms with Crippen molar-refractivity contribution in [3.63, 3.8) is 0 Å². The number of hydrogen-bond donors (Lipinski definition) is 0. The number of nitrogens with zero attached hydrogens (tertiary/aromatic N) is 3. The molecule has 1 amide bonds. The molecule has 0 N–H and O–H groups in total. The van der Waals surface area contributed by atoms with Gasteiger partial charge in [-0.05, 0) is 44.7 Å². The Morgan fingerprint density at radius 1 is 1.20 bits per heavy atom. The van der Waals surface area contributed by atoms with Crippen LogP contribution in [-0.2, 0) is 4.74 Å². The summed E-state index contributed by atoms with van der Waals surface area (Å²) < 4.78 is 10.8. The van der Waals surface area contributed by atoms with Crippen molar-refractivity contribution in [2.45, 2.75) is 59.6 Å². The quantitative estimate of drug-likeness (QED) is 0.531. The molecule has 2 heterocycles. The predicted octanol–water partition coefficient (Wildman–Crippen LogP) is 4.47. The first kappa shape index (κ1) is 22.2. The lowest BCUT2D eigenvalue weighted by Crippen LogP contribution is -2.71. The first-order valence-electron chi connectivity index (χ1n) is 10.3. The smallest absolute Gasteiger partial charge is 0.410 e. The molecule has 0 aliphatic carbocycles. The summed E-state index contributed by atoms with van der Waals surface area (Å²) in [5.41, 5.74) is 0.0718. The summed E-state index contributed by atoms with van der Waals surface area (Å²) in [6, 6.07) is 5.13. The van der Waals surface area contributed by atoms with Gasteiger partial charge in [0.25, 0.3) is 0 Å². The van der Waals surface area contributed by atoms with Crippen molar-refractivity contribution in [3.8, 4) is 5.75 Å². The molecule has 0 saturated carbocycles. The van der Waals surface area contributed by atoms with Gasteiger partial charge in [-0.3, -0.25) is 10.1 Å². The number of benzene rings is 1. The van der Waals surface area contributed by atoms with Crippen LogP contribution in [0.5, 0.6) is 5.75 Å². The Hall–Kier alpha value is -2.51. The van der Waals surface area contributed by atoms with E-state index in [4.69, 9.17) is 9.47 Å². The monoisotopic (exact) mass is 419 g/mol. The third-order valence-corrected chi connectivity index (χ3v) is 5.93. The number of nitro groups is 1. The fraction of sp³-hybridized carbons (Fsp3) is 0.682. The van der Waals surface area contributed by atoms with E-state index >= 15 is 0 Å². The van der Waals surface area contributed by atoms with Gasteiger partial charge in [0, 0.05) is 42.8 Å². The number of carbonyl (C=O) groups is 1. The Bertz CT molecular complexity index is 842. The van der Waals surface area contributed by atoms with Crippen LogP contribution < -0.4 is 9.64 Å². The molecule has 30 heavy (non-hydrogen) atoms. The highest BCUT2D eigenvalue weighted by Gasteiger charge is 2.61. The summed E-state index contributed by atoms with van der Waals surface area (Å²) >= 11 is 0. The largest absolute Gasteiger partial charge is 0.490 e. The average Bonchev–Trinajstić information content (AvgIpc) is 3.03. The van der Waals surface area contributed by atoms with E-state index in [1.165, 1.54) is 7.11 Å². The fourth-order valence-electron chi connectivity index (χ4n) is 5.10. The predicted molar refractivity (Wildman–Crippen MR) is 115 cm³/mol. The molecule has 0 radical (unpaired) electrons. The Morgan fingerprint density at radius 3 is 2.40 bits per heavy atom. The van der Waals surface area contributed by atoms with Crippen molar-refractivity contribution >= 4 is 17.5 Å². The van der Waals surface area contributed by atoms with E-state index in [0.717, 1.165) is 25.2 Å². The van der Waals surface area contributed by atoms with Crippen molar-refractivity contribution in [2.24, 2.45) is 10.8 Å². The third-order valence-electron chi connectivity index (χ3n) is 5.93. The number of anilines is 1. The second-order valence-electron chi connectivity index (χ2n) is 10.5. The number of likely N-dealkylation sites (tertiary alicyclic amines) is 1. The zero-order valence-corrected chi connectivity index (χ0v) is 19.0. The Morgan fingerprint density at radius 2 is 1.87 bits per heavy atom. The number of carbonyl (C=O) groups excluding carboxylic acids is 1. The maximum Gasteiger partial charge on any atom is 0.410 e. The summed E-state index contributed by atoms with van der Waals surface area (Å²) in [6.07, 6.45) is 0.653. The van der Waals surface area contributed by atoms with E-state index in [1.807, 2.05) is 31.7 Å². The van der Waals surface area contributed by atoms with Gasteiger partial charge in [0.1, 0.15) is 5.60 Å². The molecule has 2 aliphatic heterocycles. The molecule has 1 aromatic carbocycles. The highest BCUT2D eigenvalue weighted by atomic mass is 16.6. The van der Waals surface area contributed by atoms with Gasteiger partial charge >= 0.3 is 11.8 Å². The molecule has 0 bridgehead atoms. The third kappa shape index (κ3) is 4.04. The highest BCUT2D eigenvalue weighted by molar-refractivity contribution is 5.71. The van der Waals surface area contributed by atoms with Crippen LogP contribution in [0.2, 0.25) is 0 Å². The maximum atomic E-state index is 12.8. The minimum atomic E-state index is -0.536. The minimum absolute atomic E-state index is 0.0349. The van der Waals surface area contributed by atoms with Crippen LogP contribution in [0.25, 0.3) is 0 Å². The van der Waals surface area contributed by atoms with Crippen molar-refractivity contribution < 1.29 is 19.2 Å². The molecule has 0 aromatic heterocycles. The molecule has 2 fully saturated rings. The number of rotatable bonds is 3. The summed E-state index contributed by atoms with van der Waals surface area (Å²) in [5.74, 6) is 0.255. The normalized spacial score (nSPS) is 24.0. The molecule has 2 saturated heterocycles. The van der Waals surface area contributed by atoms with E-state index in [1.54, 1.807) is 12.1 Å². The van der Waals surface area contributed by atoms with Gasteiger partial charge in [0.2, 0.25) is 0 Å². The lowest BCUT2D eigenvalue weighted by Gasteiger charge is -2.60. The van der Waals surface area contributed by atoms with E-state index in [0.29, 0.717) is 6.54 Å². The standard InChI is InChI=1S/C22H33N3O5/c1-20(2,3)18-22(14-24(18)19(26)30-21(4,5)6)10-11-23(13-22)15-8-9-17(29-7)16(12-15)25(27)28/h8-9,12,18H,10-11,13-14H2,1-7H3. The number of ether oxygens (including phenoxy) is 2. The van der Waals surface area contributed by atoms with Crippen LogP contribution in [0, 0.1) is 20.9 Å². The second-order valence-corrected chi connectivity index (χ2v) is 10.5. The molecule has 8 heteroatoms. The fourth-order valence-corrected chi connectivity index (χ4v) is 5.10. The molecular formula is C22H33N3O5. The van der Waals surface area contributed by atoms with Crippen LogP contribution in [-0.4, -0.2) is 54.3 Å². The average molecular weight is 420 g/mol. The second kappa shape index (κ2) is 7.32. The molecule has 3 rings (SSSR count). The van der Waals surface area contributed by atoms with Gasteiger partial charge in [-0.25, -0.2) is 4.79 Å². The molecule has 2 atom stereocenters. The molecule has 8 nitrogen and oxygen atoms in total. The van der Waals surface area contributed by atoms with Crippen LogP contribution in [0.3, 0.4) is 0 Å². The zero-order valence-electron chi connectivity index (χ0n) is 19.0. The van der Waals surface area contributed by atoms with Gasteiger partial charge in [0.15, 0.2) is 5.75 Å². The van der Waals surface area contributed by atoms with Gasteiger partial charge in [-0.2, -0.15) is 0 Å². The molecular weight excluding hydrogens is 386 g/mol. The SMILES string of the molecule is COc1ccc(N2CCC3(C2)CN(C(=O)OC(C)(C)C)C3C(C)(C)C)cc1[N+](=O)[O-]. The number of nitro benzene ring substituents is 1. The number of amides is 1. The number of hydrogen-bond acceptors (Lipinski definition) is 6. The van der Waals surface area contributed by atoms with Crippen molar-refractivity contribution in [1.82, 2.24) is 4.90 Å². The van der Waals surface area contributed by atoms with Crippen LogP contribution in [0.1, 0.15) is 48.0 Å². The van der Waals surface area contributed by atoms with Crippen molar-refractivity contribution in [3.05, 3.63) is 28.3 Å². The van der Waals surface area contributed by atoms with Gasteiger partial charge in [-0.1, -0.05) is 20.8 Å². The summed E-state index contributed by atoms with van der Waals surface area (Å²) in [5, 5.41) is 11.4. The lowest BCUT2D eigenvalue weighted by atomic mass is 9.61. The first-order valence-corrected chi connectivity index (χ1v) is 10.3. The van der Waals surface area contributed by atoms with Crippen LogP contribution in [0.15, 0.2) is 18.2 Å². The summed E-state index contributed by atoms with van der Waals surface area (Å²) in [7, 11) is 1.43. The molecule has 2 aliphatic rings. The van der Waals surface area contributed by atoms with Crippen LogP contribution in [0.4, 0.5) is 16.2 Å². The Kier molecular flexibility index (Phi) is 5.41. The van der Waals surface area contributed by atoms with E-state index in [-0.39, 0.29) is 34.4 Å². The van der Waals surface area contributed by atoms with E-state index in [2.05, 4.69) is 25.7 Å². The molecule has 2 unspecified atom stereocenters. The lowest BCUT2D eigenvalue weighted by molar-refractivity contribution is -0.385. The Balaban J connectivity index is 1.83. The van der Waals surface area contributed by atoms with Gasteiger partial charge in [-0.15, -0.1) is 0 Å². The molecule has 166 valence electrons. The summed E-state index contributed by atoms with van der Waals surface area (Å²) in [4.78, 5) is 27.8. The van der Waals surface area contributed by atoms with Crippen molar-refractivity contribution in [2.75, 3.05) is 31.6 Å². The first-order chi connectivity index (χ1) is 13.8. The van der Waals surface area contributed by atoms with E-state index < -0.39 is 10.5 Å². The van der Waals surface area contributed by atoms with Gasteiger partial charge in [0.05, 0.1) is 12.0 Å². The zero-order chi connectivity index (χ0) is 22.5. The minimum Gasteiger partial charge on any atom is -0.490 e. The maximum absolute atomic E-state index is 12.8. The van der Waals surface area contributed by atoms with E-state index in [9.17, 15) is 14.9 Å². The summed E-state index contributed by atoms with van der Waals surface area (Å²) in [6.45, 7) is 14.3. The topological polar surface area (TPSA) is 85.2 Å². The Labute approximate surface area is 178 Å². The molecule has 1 spiro atoms. The molecule has 1 aromatic rings. The van der Waals surface area contributed by atoms with Gasteiger partial charge < -0.3 is 19.3 Å². The van der Waals surface area contributed by atoms with Crippen molar-refractivity contribution in [1.29, 1.82) is 0 Å².